The monoisotopic (exact) mass is 408 g/mol. The van der Waals surface area contributed by atoms with Crippen LogP contribution in [0.5, 0.6) is 0 Å². The van der Waals surface area contributed by atoms with Gasteiger partial charge in [0, 0.05) is 25.2 Å². The maximum absolute atomic E-state index is 12.5. The summed E-state index contributed by atoms with van der Waals surface area (Å²) in [5, 5.41) is 17.0. The van der Waals surface area contributed by atoms with Crippen LogP contribution in [0.4, 0.5) is 5.82 Å². The number of hydrogen-bond acceptors (Lipinski definition) is 6. The van der Waals surface area contributed by atoms with Crippen LogP contribution in [0, 0.1) is 0 Å². The van der Waals surface area contributed by atoms with Crippen LogP contribution in [0.2, 0.25) is 0 Å². The van der Waals surface area contributed by atoms with Crippen LogP contribution in [-0.2, 0) is 32.2 Å². The van der Waals surface area contributed by atoms with E-state index < -0.39 is 0 Å². The molecule has 0 bridgehead atoms. The fourth-order valence-corrected chi connectivity index (χ4v) is 5.21. The molecule has 0 amide bonds. The number of nitrogens with one attached hydrogen (secondary N) is 1. The van der Waals surface area contributed by atoms with Gasteiger partial charge in [-0.05, 0) is 81.5 Å². The van der Waals surface area contributed by atoms with Crippen molar-refractivity contribution in [2.75, 3.05) is 25.0 Å². The van der Waals surface area contributed by atoms with E-state index in [0.29, 0.717) is 12.6 Å². The minimum absolute atomic E-state index is 0.0516. The number of anilines is 1. The van der Waals surface area contributed by atoms with Crippen molar-refractivity contribution in [1.82, 2.24) is 24.9 Å². The van der Waals surface area contributed by atoms with Crippen molar-refractivity contribution < 1.29 is 0 Å². The number of rotatable bonds is 6. The molecule has 30 heavy (non-hydrogen) atoms. The summed E-state index contributed by atoms with van der Waals surface area (Å²) in [5.74, 6) is 0.897. The Morgan fingerprint density at radius 1 is 0.900 bits per heavy atom. The highest BCUT2D eigenvalue weighted by atomic mass is 16.1. The topological polar surface area (TPSA) is 75.9 Å². The van der Waals surface area contributed by atoms with Crippen molar-refractivity contribution >= 4 is 5.82 Å². The summed E-state index contributed by atoms with van der Waals surface area (Å²) >= 11 is 0. The van der Waals surface area contributed by atoms with Crippen LogP contribution in [-0.4, -0.2) is 50.6 Å². The van der Waals surface area contributed by atoms with E-state index in [1.54, 1.807) is 4.68 Å². The minimum atomic E-state index is 0.0516. The second-order valence-corrected chi connectivity index (χ2v) is 9.01. The highest BCUT2D eigenvalue weighted by Gasteiger charge is 2.23. The SMILES string of the molecule is O=c1cc2c(nn1CCN1CCCCC1CNc1cc3c(nn1)CCC3)CCCC2. The van der Waals surface area contributed by atoms with E-state index >= 15 is 0 Å². The van der Waals surface area contributed by atoms with Crippen LogP contribution >= 0.6 is 0 Å². The molecule has 7 heteroatoms. The number of aromatic nitrogens is 4. The van der Waals surface area contributed by atoms with Crippen molar-refractivity contribution in [3.05, 3.63) is 45.0 Å². The van der Waals surface area contributed by atoms with Crippen molar-refractivity contribution in [2.24, 2.45) is 0 Å². The number of piperidine rings is 1. The molecule has 0 saturated carbocycles. The van der Waals surface area contributed by atoms with Crippen molar-refractivity contribution in [3.63, 3.8) is 0 Å². The zero-order valence-electron chi connectivity index (χ0n) is 17.8. The van der Waals surface area contributed by atoms with Gasteiger partial charge < -0.3 is 5.32 Å². The number of fused-ring (bicyclic) bond motifs is 2. The molecular weight excluding hydrogens is 376 g/mol. The van der Waals surface area contributed by atoms with Gasteiger partial charge in [0.2, 0.25) is 0 Å². The van der Waals surface area contributed by atoms with Gasteiger partial charge in [-0.3, -0.25) is 9.69 Å². The Labute approximate surface area is 177 Å². The summed E-state index contributed by atoms with van der Waals surface area (Å²) in [4.78, 5) is 15.0. The molecule has 0 aromatic carbocycles. The average Bonchev–Trinajstić information content (AvgIpc) is 3.25. The molecule has 1 N–H and O–H groups in total. The fraction of sp³-hybridized carbons (Fsp3) is 0.652. The lowest BCUT2D eigenvalue weighted by atomic mass is 9.97. The lowest BCUT2D eigenvalue weighted by Gasteiger charge is -2.36. The Bertz CT molecular complexity index is 955. The van der Waals surface area contributed by atoms with Gasteiger partial charge in [-0.2, -0.15) is 10.2 Å². The third-order valence-electron chi connectivity index (χ3n) is 6.96. The molecule has 1 atom stereocenters. The number of hydrogen-bond donors (Lipinski definition) is 1. The standard InChI is InChI=1S/C23H32N6O/c30-23-15-18-6-1-2-9-21(18)27-29(23)13-12-28-11-4-3-8-19(28)16-24-22-14-17-7-5-10-20(17)25-26-22/h14-15,19H,1-13,16H2,(H,24,26). The first kappa shape index (κ1) is 19.7. The largest absolute Gasteiger partial charge is 0.367 e. The summed E-state index contributed by atoms with van der Waals surface area (Å²) in [6.07, 6.45) is 11.4. The van der Waals surface area contributed by atoms with Gasteiger partial charge in [0.25, 0.3) is 5.56 Å². The Hall–Kier alpha value is -2.28. The zero-order valence-corrected chi connectivity index (χ0v) is 17.8. The Morgan fingerprint density at radius 2 is 1.73 bits per heavy atom. The smallest absolute Gasteiger partial charge is 0.267 e. The van der Waals surface area contributed by atoms with Gasteiger partial charge >= 0.3 is 0 Å². The molecule has 5 rings (SSSR count). The Morgan fingerprint density at radius 3 is 2.70 bits per heavy atom. The van der Waals surface area contributed by atoms with E-state index in [1.165, 1.54) is 49.8 Å². The third kappa shape index (κ3) is 4.26. The molecule has 2 aromatic rings. The van der Waals surface area contributed by atoms with E-state index in [0.717, 1.165) is 62.4 Å². The van der Waals surface area contributed by atoms with Gasteiger partial charge in [0.15, 0.2) is 0 Å². The second kappa shape index (κ2) is 8.84. The number of likely N-dealkylation sites (tertiary alicyclic amines) is 1. The van der Waals surface area contributed by atoms with Gasteiger partial charge in [-0.25, -0.2) is 4.68 Å². The summed E-state index contributed by atoms with van der Waals surface area (Å²) in [6, 6.07) is 4.46. The van der Waals surface area contributed by atoms with Crippen LogP contribution in [0.1, 0.15) is 61.0 Å². The highest BCUT2D eigenvalue weighted by molar-refractivity contribution is 5.40. The van der Waals surface area contributed by atoms with Crippen LogP contribution < -0.4 is 10.9 Å². The van der Waals surface area contributed by atoms with E-state index in [4.69, 9.17) is 5.10 Å². The summed E-state index contributed by atoms with van der Waals surface area (Å²) < 4.78 is 1.69. The fourth-order valence-electron chi connectivity index (χ4n) is 5.21. The third-order valence-corrected chi connectivity index (χ3v) is 6.96. The molecule has 1 saturated heterocycles. The van der Waals surface area contributed by atoms with Gasteiger partial charge in [0.05, 0.1) is 17.9 Å². The maximum atomic E-state index is 12.5. The second-order valence-electron chi connectivity index (χ2n) is 9.01. The van der Waals surface area contributed by atoms with E-state index in [2.05, 4.69) is 26.5 Å². The number of aryl methyl sites for hydroxylation is 4. The van der Waals surface area contributed by atoms with Crippen LogP contribution in [0.15, 0.2) is 16.9 Å². The Kier molecular flexibility index (Phi) is 5.79. The lowest BCUT2D eigenvalue weighted by Crippen LogP contribution is -2.45. The van der Waals surface area contributed by atoms with Gasteiger partial charge in [-0.1, -0.05) is 6.42 Å². The van der Waals surface area contributed by atoms with Crippen molar-refractivity contribution in [3.8, 4) is 0 Å². The van der Waals surface area contributed by atoms with E-state index in [9.17, 15) is 4.79 Å². The van der Waals surface area contributed by atoms with Gasteiger partial charge in [-0.15, -0.1) is 5.10 Å². The molecule has 0 spiro atoms. The predicted molar refractivity (Wildman–Crippen MR) is 117 cm³/mol. The first-order valence-electron chi connectivity index (χ1n) is 11.7. The molecule has 160 valence electrons. The predicted octanol–water partition coefficient (Wildman–Crippen LogP) is 2.37. The number of nitrogens with zero attached hydrogens (tertiary/aromatic N) is 5. The van der Waals surface area contributed by atoms with Gasteiger partial charge in [0.1, 0.15) is 5.82 Å². The molecule has 1 unspecified atom stereocenters. The summed E-state index contributed by atoms with van der Waals surface area (Å²) in [7, 11) is 0. The first-order valence-corrected chi connectivity index (χ1v) is 11.7. The quantitative estimate of drug-likeness (QED) is 0.791. The van der Waals surface area contributed by atoms with Crippen molar-refractivity contribution in [2.45, 2.75) is 76.8 Å². The zero-order chi connectivity index (χ0) is 20.3. The van der Waals surface area contributed by atoms with Crippen LogP contribution in [0.25, 0.3) is 0 Å². The van der Waals surface area contributed by atoms with Crippen LogP contribution in [0.3, 0.4) is 0 Å². The minimum Gasteiger partial charge on any atom is -0.367 e. The lowest BCUT2D eigenvalue weighted by molar-refractivity contribution is 0.147. The summed E-state index contributed by atoms with van der Waals surface area (Å²) in [5.41, 5.74) is 4.87. The molecule has 0 radical (unpaired) electrons. The molecule has 1 fully saturated rings. The normalized spacial score (nSPS) is 21.3. The Balaban J connectivity index is 1.21. The van der Waals surface area contributed by atoms with E-state index in [1.807, 2.05) is 6.07 Å². The van der Waals surface area contributed by atoms with Crippen molar-refractivity contribution in [1.29, 1.82) is 0 Å². The average molecular weight is 409 g/mol. The summed E-state index contributed by atoms with van der Waals surface area (Å²) in [6.45, 7) is 3.50. The molecule has 1 aliphatic heterocycles. The molecule has 3 aliphatic rings. The molecule has 2 aromatic heterocycles. The first-order chi connectivity index (χ1) is 14.8. The molecule has 7 nitrogen and oxygen atoms in total. The van der Waals surface area contributed by atoms with E-state index in [-0.39, 0.29) is 5.56 Å². The maximum Gasteiger partial charge on any atom is 0.267 e. The molecule has 3 heterocycles. The molecular formula is C23H32N6O. The molecule has 2 aliphatic carbocycles. The highest BCUT2D eigenvalue weighted by Crippen LogP contribution is 2.22.